The second-order valence-corrected chi connectivity index (χ2v) is 4.97. The van der Waals surface area contributed by atoms with Gasteiger partial charge in [0.25, 0.3) is 0 Å². The fourth-order valence-corrected chi connectivity index (χ4v) is 1.58. The summed E-state index contributed by atoms with van der Waals surface area (Å²) in [7, 11) is -3.58. The van der Waals surface area contributed by atoms with Crippen molar-refractivity contribution in [2.45, 2.75) is 11.3 Å². The van der Waals surface area contributed by atoms with Crippen molar-refractivity contribution in [2.75, 3.05) is 6.26 Å². The van der Waals surface area contributed by atoms with E-state index in [0.29, 0.717) is 6.07 Å². The van der Waals surface area contributed by atoms with Crippen LogP contribution in [0.15, 0.2) is 23.1 Å². The standard InChI is InChI=1S/C8H7F3O4S/c1-16(13,14)5-2-3-7(6(12)4-5)15-8(9,10)11/h2-4,12H,1H3. The zero-order valence-electron chi connectivity index (χ0n) is 7.95. The lowest BCUT2D eigenvalue weighted by Crippen LogP contribution is -2.17. The zero-order valence-corrected chi connectivity index (χ0v) is 8.76. The van der Waals surface area contributed by atoms with Gasteiger partial charge in [0.15, 0.2) is 21.3 Å². The van der Waals surface area contributed by atoms with Crippen LogP contribution in [-0.4, -0.2) is 26.1 Å². The molecule has 0 spiro atoms. The molecule has 1 N–H and O–H groups in total. The Morgan fingerprint density at radius 1 is 1.31 bits per heavy atom. The van der Waals surface area contributed by atoms with Crippen LogP contribution in [0.4, 0.5) is 13.2 Å². The van der Waals surface area contributed by atoms with E-state index in [1.807, 2.05) is 0 Å². The van der Waals surface area contributed by atoms with Gasteiger partial charge in [-0.1, -0.05) is 0 Å². The van der Waals surface area contributed by atoms with Gasteiger partial charge in [-0.3, -0.25) is 0 Å². The molecule has 0 aliphatic heterocycles. The van der Waals surface area contributed by atoms with Gasteiger partial charge in [-0.05, 0) is 12.1 Å². The van der Waals surface area contributed by atoms with Crippen LogP contribution in [0.5, 0.6) is 11.5 Å². The van der Waals surface area contributed by atoms with E-state index in [4.69, 9.17) is 5.11 Å². The first kappa shape index (κ1) is 12.6. The molecule has 0 heterocycles. The molecule has 0 atom stereocenters. The van der Waals surface area contributed by atoms with E-state index in [0.717, 1.165) is 18.4 Å². The molecule has 0 saturated heterocycles. The molecule has 8 heteroatoms. The summed E-state index contributed by atoms with van der Waals surface area (Å²) in [4.78, 5) is -0.292. The predicted octanol–water partition coefficient (Wildman–Crippen LogP) is 1.69. The number of sulfone groups is 1. The number of rotatable bonds is 2. The smallest absolute Gasteiger partial charge is 0.504 e. The summed E-state index contributed by atoms with van der Waals surface area (Å²) >= 11 is 0. The van der Waals surface area contributed by atoms with E-state index in [-0.39, 0.29) is 4.90 Å². The third kappa shape index (κ3) is 3.30. The van der Waals surface area contributed by atoms with Gasteiger partial charge in [0.2, 0.25) is 0 Å². The second kappa shape index (κ2) is 3.85. The number of hydrogen-bond acceptors (Lipinski definition) is 4. The summed E-state index contributed by atoms with van der Waals surface area (Å²) in [6.07, 6.45) is -4.07. The molecule has 0 bridgehead atoms. The van der Waals surface area contributed by atoms with Crippen molar-refractivity contribution in [3.63, 3.8) is 0 Å². The van der Waals surface area contributed by atoms with Crippen molar-refractivity contribution in [2.24, 2.45) is 0 Å². The summed E-state index contributed by atoms with van der Waals surface area (Å²) < 4.78 is 60.9. The predicted molar refractivity (Wildman–Crippen MR) is 47.9 cm³/mol. The molecule has 0 saturated carbocycles. The van der Waals surface area contributed by atoms with Crippen LogP contribution in [-0.2, 0) is 9.84 Å². The Kier molecular flexibility index (Phi) is 3.04. The first-order chi connectivity index (χ1) is 7.09. The van der Waals surface area contributed by atoms with Crippen LogP contribution in [0.2, 0.25) is 0 Å². The molecule has 1 rings (SSSR count). The van der Waals surface area contributed by atoms with Crippen molar-refractivity contribution in [1.29, 1.82) is 0 Å². The molecule has 1 aromatic rings. The maximum atomic E-state index is 11.8. The molecule has 0 fully saturated rings. The first-order valence-electron chi connectivity index (χ1n) is 3.88. The molecule has 16 heavy (non-hydrogen) atoms. The maximum Gasteiger partial charge on any atom is 0.573 e. The molecule has 90 valence electrons. The average molecular weight is 256 g/mol. The molecular weight excluding hydrogens is 249 g/mol. The van der Waals surface area contributed by atoms with Crippen molar-refractivity contribution in [1.82, 2.24) is 0 Å². The number of phenolic OH excluding ortho intramolecular Hbond substituents is 1. The lowest BCUT2D eigenvalue weighted by atomic mass is 10.3. The Balaban J connectivity index is 3.11. The van der Waals surface area contributed by atoms with Gasteiger partial charge < -0.3 is 9.84 Å². The van der Waals surface area contributed by atoms with Crippen LogP contribution in [0.25, 0.3) is 0 Å². The Morgan fingerprint density at radius 2 is 1.88 bits per heavy atom. The lowest BCUT2D eigenvalue weighted by Gasteiger charge is -2.10. The van der Waals surface area contributed by atoms with Crippen LogP contribution in [0.1, 0.15) is 0 Å². The highest BCUT2D eigenvalue weighted by molar-refractivity contribution is 7.90. The van der Waals surface area contributed by atoms with Gasteiger partial charge in [-0.2, -0.15) is 0 Å². The summed E-state index contributed by atoms with van der Waals surface area (Å²) in [5.74, 6) is -1.74. The summed E-state index contributed by atoms with van der Waals surface area (Å²) in [6.45, 7) is 0. The van der Waals surface area contributed by atoms with E-state index in [1.54, 1.807) is 0 Å². The highest BCUT2D eigenvalue weighted by atomic mass is 32.2. The van der Waals surface area contributed by atoms with E-state index < -0.39 is 27.7 Å². The molecule has 0 unspecified atom stereocenters. The fraction of sp³-hybridized carbons (Fsp3) is 0.250. The Labute approximate surface area is 89.2 Å². The number of ether oxygens (including phenoxy) is 1. The number of halogens is 3. The number of alkyl halides is 3. The summed E-state index contributed by atoms with van der Waals surface area (Å²) in [6, 6.07) is 2.34. The van der Waals surface area contributed by atoms with Crippen LogP contribution in [0, 0.1) is 0 Å². The van der Waals surface area contributed by atoms with Gasteiger partial charge in [-0.15, -0.1) is 13.2 Å². The number of hydrogen-bond donors (Lipinski definition) is 1. The van der Waals surface area contributed by atoms with Gasteiger partial charge in [0.05, 0.1) is 4.90 Å². The topological polar surface area (TPSA) is 63.6 Å². The van der Waals surface area contributed by atoms with Crippen molar-refractivity contribution in [3.8, 4) is 11.5 Å². The highest BCUT2D eigenvalue weighted by Gasteiger charge is 2.32. The normalized spacial score (nSPS) is 12.5. The van der Waals surface area contributed by atoms with Gasteiger partial charge >= 0.3 is 6.36 Å². The summed E-state index contributed by atoms with van der Waals surface area (Å²) in [5.41, 5.74) is 0. The van der Waals surface area contributed by atoms with E-state index in [9.17, 15) is 21.6 Å². The monoisotopic (exact) mass is 256 g/mol. The Morgan fingerprint density at radius 3 is 2.25 bits per heavy atom. The van der Waals surface area contributed by atoms with Crippen LogP contribution < -0.4 is 4.74 Å². The van der Waals surface area contributed by atoms with Crippen molar-refractivity contribution < 1.29 is 31.4 Å². The molecule has 4 nitrogen and oxygen atoms in total. The molecular formula is C8H7F3O4S. The van der Waals surface area contributed by atoms with Crippen LogP contribution in [0.3, 0.4) is 0 Å². The highest BCUT2D eigenvalue weighted by Crippen LogP contribution is 2.32. The number of phenols is 1. The minimum atomic E-state index is -4.94. The third-order valence-corrected chi connectivity index (χ3v) is 2.69. The van der Waals surface area contributed by atoms with Crippen molar-refractivity contribution in [3.05, 3.63) is 18.2 Å². The largest absolute Gasteiger partial charge is 0.573 e. The Hall–Kier alpha value is -1.44. The number of benzene rings is 1. The summed E-state index contributed by atoms with van der Waals surface area (Å²) in [5, 5.41) is 9.13. The Bertz CT molecular complexity index is 492. The third-order valence-electron chi connectivity index (χ3n) is 1.58. The SMILES string of the molecule is CS(=O)(=O)c1ccc(OC(F)(F)F)c(O)c1. The van der Waals surface area contributed by atoms with E-state index in [2.05, 4.69) is 4.74 Å². The quantitative estimate of drug-likeness (QED) is 0.874. The first-order valence-corrected chi connectivity index (χ1v) is 5.77. The average Bonchev–Trinajstić information content (AvgIpc) is 2.04. The van der Waals surface area contributed by atoms with Crippen LogP contribution >= 0.6 is 0 Å². The molecule has 0 aliphatic rings. The minimum Gasteiger partial charge on any atom is -0.504 e. The molecule has 1 aromatic carbocycles. The molecule has 0 aliphatic carbocycles. The molecule has 0 aromatic heterocycles. The maximum absolute atomic E-state index is 11.8. The minimum absolute atomic E-state index is 0.292. The second-order valence-electron chi connectivity index (χ2n) is 2.95. The zero-order chi connectivity index (χ0) is 12.6. The van der Waals surface area contributed by atoms with E-state index >= 15 is 0 Å². The fourth-order valence-electron chi connectivity index (χ4n) is 0.939. The van der Waals surface area contributed by atoms with Crippen molar-refractivity contribution >= 4 is 9.84 Å². The number of aromatic hydroxyl groups is 1. The van der Waals surface area contributed by atoms with E-state index in [1.165, 1.54) is 0 Å². The van der Waals surface area contributed by atoms with Gasteiger partial charge in [-0.25, -0.2) is 8.42 Å². The van der Waals surface area contributed by atoms with Gasteiger partial charge in [0.1, 0.15) is 0 Å². The van der Waals surface area contributed by atoms with Gasteiger partial charge in [0, 0.05) is 12.3 Å². The molecule has 0 radical (unpaired) electrons. The lowest BCUT2D eigenvalue weighted by molar-refractivity contribution is -0.275. The molecule has 0 amide bonds.